The Balaban J connectivity index is 2.04. The normalized spacial score (nSPS) is 12.2. The minimum absolute atomic E-state index is 0.0446. The van der Waals surface area contributed by atoms with Gasteiger partial charge in [0, 0.05) is 13.1 Å². The van der Waals surface area contributed by atoms with Crippen molar-refractivity contribution in [2.24, 2.45) is 0 Å². The van der Waals surface area contributed by atoms with Crippen LogP contribution < -0.4 is 11.1 Å². The zero-order chi connectivity index (χ0) is 13.2. The predicted molar refractivity (Wildman–Crippen MR) is 59.4 cm³/mol. The first-order valence-electron chi connectivity index (χ1n) is 5.33. The molecule has 18 heavy (non-hydrogen) atoms. The summed E-state index contributed by atoms with van der Waals surface area (Å²) >= 11 is 0. The van der Waals surface area contributed by atoms with E-state index in [1.54, 1.807) is 24.3 Å². The first-order valence-corrected chi connectivity index (χ1v) is 5.33. The third-order valence-corrected chi connectivity index (χ3v) is 2.41. The fourth-order valence-electron chi connectivity index (χ4n) is 1.65. The molecule has 0 bridgehead atoms. The van der Waals surface area contributed by atoms with E-state index in [-0.39, 0.29) is 13.1 Å². The maximum absolute atomic E-state index is 11.9. The molecule has 7 heteroatoms. The number of para-hydroxylation sites is 2. The number of alkyl halides is 3. The Kier molecular flexibility index (Phi) is 3.42. The standard InChI is InChI=1S/C11H11F3N2O2/c12-11(13,14)7-15-5-6-16-8-3-1-2-4-9(8)18-10(16)17/h1-4,15H,5-7H2. The van der Waals surface area contributed by atoms with Crippen LogP contribution in [0.2, 0.25) is 0 Å². The number of hydrogen-bond donors (Lipinski definition) is 1. The maximum atomic E-state index is 11.9. The molecular weight excluding hydrogens is 249 g/mol. The summed E-state index contributed by atoms with van der Waals surface area (Å²) in [5.41, 5.74) is 1.01. The summed E-state index contributed by atoms with van der Waals surface area (Å²) in [6.45, 7) is -0.896. The van der Waals surface area contributed by atoms with Gasteiger partial charge in [0.25, 0.3) is 0 Å². The van der Waals surface area contributed by atoms with E-state index < -0.39 is 18.5 Å². The molecule has 0 saturated heterocycles. The summed E-state index contributed by atoms with van der Waals surface area (Å²) in [6.07, 6.45) is -4.25. The second-order valence-electron chi connectivity index (χ2n) is 3.78. The van der Waals surface area contributed by atoms with Gasteiger partial charge in [-0.05, 0) is 12.1 Å². The van der Waals surface area contributed by atoms with E-state index in [0.717, 1.165) is 0 Å². The lowest BCUT2D eigenvalue weighted by molar-refractivity contribution is -0.124. The van der Waals surface area contributed by atoms with E-state index in [9.17, 15) is 18.0 Å². The second-order valence-corrected chi connectivity index (χ2v) is 3.78. The number of halogens is 3. The van der Waals surface area contributed by atoms with Crippen molar-refractivity contribution >= 4 is 11.1 Å². The maximum Gasteiger partial charge on any atom is 0.419 e. The highest BCUT2D eigenvalue weighted by Crippen LogP contribution is 2.13. The Bertz CT molecular complexity index is 586. The third-order valence-electron chi connectivity index (χ3n) is 2.41. The van der Waals surface area contributed by atoms with E-state index in [1.807, 2.05) is 0 Å². The largest absolute Gasteiger partial charge is 0.419 e. The van der Waals surface area contributed by atoms with E-state index in [1.165, 1.54) is 4.57 Å². The fraction of sp³-hybridized carbons (Fsp3) is 0.364. The number of oxazole rings is 1. The number of aromatic nitrogens is 1. The van der Waals surface area contributed by atoms with Crippen LogP contribution >= 0.6 is 0 Å². The van der Waals surface area contributed by atoms with Gasteiger partial charge in [-0.15, -0.1) is 0 Å². The van der Waals surface area contributed by atoms with Crippen LogP contribution in [0.15, 0.2) is 33.5 Å². The van der Waals surface area contributed by atoms with Gasteiger partial charge in [-0.1, -0.05) is 12.1 Å². The van der Waals surface area contributed by atoms with Crippen molar-refractivity contribution in [3.8, 4) is 0 Å². The fourth-order valence-corrected chi connectivity index (χ4v) is 1.65. The minimum atomic E-state index is -4.25. The first-order chi connectivity index (χ1) is 8.47. The highest BCUT2D eigenvalue weighted by Gasteiger charge is 2.26. The van der Waals surface area contributed by atoms with E-state index in [4.69, 9.17) is 4.42 Å². The van der Waals surface area contributed by atoms with E-state index in [2.05, 4.69) is 5.32 Å². The van der Waals surface area contributed by atoms with Crippen LogP contribution in [-0.4, -0.2) is 23.8 Å². The molecule has 0 radical (unpaired) electrons. The number of rotatable bonds is 4. The molecule has 0 saturated carbocycles. The van der Waals surface area contributed by atoms with Gasteiger partial charge in [-0.2, -0.15) is 13.2 Å². The second kappa shape index (κ2) is 4.85. The Labute approximate surface area is 100 Å². The van der Waals surface area contributed by atoms with Crippen LogP contribution in [0.25, 0.3) is 11.1 Å². The van der Waals surface area contributed by atoms with Crippen molar-refractivity contribution < 1.29 is 17.6 Å². The Morgan fingerprint density at radius 1 is 1.28 bits per heavy atom. The summed E-state index contributed by atoms with van der Waals surface area (Å²) < 4.78 is 42.0. The van der Waals surface area contributed by atoms with Crippen LogP contribution in [0.3, 0.4) is 0 Å². The SMILES string of the molecule is O=c1oc2ccccc2n1CCNCC(F)(F)F. The molecule has 0 aliphatic carbocycles. The number of fused-ring (bicyclic) bond motifs is 1. The average Bonchev–Trinajstić information content (AvgIpc) is 2.59. The Morgan fingerprint density at radius 3 is 2.72 bits per heavy atom. The summed E-state index contributed by atoms with van der Waals surface area (Å²) in [4.78, 5) is 11.5. The Hall–Kier alpha value is -1.76. The van der Waals surface area contributed by atoms with E-state index in [0.29, 0.717) is 11.1 Å². The topological polar surface area (TPSA) is 47.2 Å². The van der Waals surface area contributed by atoms with Crippen LogP contribution in [0.1, 0.15) is 0 Å². The molecule has 1 aromatic carbocycles. The van der Waals surface area contributed by atoms with Crippen molar-refractivity contribution in [2.45, 2.75) is 12.7 Å². The lowest BCUT2D eigenvalue weighted by Crippen LogP contribution is -2.32. The van der Waals surface area contributed by atoms with Crippen LogP contribution in [0, 0.1) is 0 Å². The lowest BCUT2D eigenvalue weighted by atomic mass is 10.3. The minimum Gasteiger partial charge on any atom is -0.408 e. The summed E-state index contributed by atoms with van der Waals surface area (Å²) in [6, 6.07) is 6.77. The van der Waals surface area contributed by atoms with Crippen LogP contribution in [0.5, 0.6) is 0 Å². The van der Waals surface area contributed by atoms with Gasteiger partial charge in [0.1, 0.15) is 0 Å². The van der Waals surface area contributed by atoms with Crippen molar-refractivity contribution in [3.63, 3.8) is 0 Å². The molecule has 1 aromatic heterocycles. The highest BCUT2D eigenvalue weighted by molar-refractivity contribution is 5.72. The summed E-state index contributed by atoms with van der Waals surface area (Å²) in [5.74, 6) is -0.565. The number of nitrogens with zero attached hydrogens (tertiary/aromatic N) is 1. The van der Waals surface area contributed by atoms with Gasteiger partial charge in [0.05, 0.1) is 12.1 Å². The third kappa shape index (κ3) is 2.92. The molecule has 0 aliphatic rings. The molecule has 98 valence electrons. The smallest absolute Gasteiger partial charge is 0.408 e. The molecule has 0 aliphatic heterocycles. The molecule has 0 unspecified atom stereocenters. The number of hydrogen-bond acceptors (Lipinski definition) is 3. The molecule has 0 atom stereocenters. The monoisotopic (exact) mass is 260 g/mol. The average molecular weight is 260 g/mol. The quantitative estimate of drug-likeness (QED) is 0.852. The molecule has 4 nitrogen and oxygen atoms in total. The van der Waals surface area contributed by atoms with Crippen molar-refractivity contribution in [3.05, 3.63) is 34.8 Å². The molecular formula is C11H11F3N2O2. The summed E-state index contributed by atoms with van der Waals surface area (Å²) in [7, 11) is 0. The van der Waals surface area contributed by atoms with E-state index >= 15 is 0 Å². The van der Waals surface area contributed by atoms with Crippen molar-refractivity contribution in [1.29, 1.82) is 0 Å². The molecule has 1 N–H and O–H groups in total. The first kappa shape index (κ1) is 12.7. The van der Waals surface area contributed by atoms with Crippen molar-refractivity contribution in [2.75, 3.05) is 13.1 Å². The van der Waals surface area contributed by atoms with Crippen molar-refractivity contribution in [1.82, 2.24) is 9.88 Å². The van der Waals surface area contributed by atoms with Crippen LogP contribution in [-0.2, 0) is 6.54 Å². The predicted octanol–water partition coefficient (Wildman–Crippen LogP) is 1.75. The van der Waals surface area contributed by atoms with Gasteiger partial charge in [-0.3, -0.25) is 4.57 Å². The zero-order valence-electron chi connectivity index (χ0n) is 9.33. The van der Waals surface area contributed by atoms with Gasteiger partial charge < -0.3 is 9.73 Å². The van der Waals surface area contributed by atoms with Crippen LogP contribution in [0.4, 0.5) is 13.2 Å². The van der Waals surface area contributed by atoms with Gasteiger partial charge in [0.2, 0.25) is 0 Å². The van der Waals surface area contributed by atoms with Gasteiger partial charge in [-0.25, -0.2) is 4.79 Å². The Morgan fingerprint density at radius 2 is 2.00 bits per heavy atom. The number of nitrogens with one attached hydrogen (secondary N) is 1. The summed E-state index contributed by atoms with van der Waals surface area (Å²) in [5, 5.41) is 2.23. The number of benzene rings is 1. The molecule has 0 fully saturated rings. The molecule has 2 rings (SSSR count). The molecule has 0 amide bonds. The van der Waals surface area contributed by atoms with Gasteiger partial charge >= 0.3 is 11.9 Å². The molecule has 0 spiro atoms. The zero-order valence-corrected chi connectivity index (χ0v) is 9.33. The molecule has 2 aromatic rings. The molecule has 1 heterocycles. The van der Waals surface area contributed by atoms with Gasteiger partial charge in [0.15, 0.2) is 5.58 Å². The lowest BCUT2D eigenvalue weighted by Gasteiger charge is -2.08. The highest BCUT2D eigenvalue weighted by atomic mass is 19.4.